The molecule has 3 rings (SSSR count). The van der Waals surface area contributed by atoms with Crippen LogP contribution in [0.25, 0.3) is 0 Å². The lowest BCUT2D eigenvalue weighted by molar-refractivity contribution is -0.121. The summed E-state index contributed by atoms with van der Waals surface area (Å²) in [6.45, 7) is 1.83. The first kappa shape index (κ1) is 15.8. The number of nitrogens with one attached hydrogen (secondary N) is 1. The minimum Gasteiger partial charge on any atom is -0.354 e. The lowest BCUT2D eigenvalue weighted by atomic mass is 9.86. The summed E-state index contributed by atoms with van der Waals surface area (Å²) in [5, 5.41) is 6.27. The standard InChI is InChI=1S/C17H27N3OS/c21-16(9-8-14-5-2-1-3-6-14)19-13-15-7-4-11-20(15)17-18-10-12-22-17/h10,12,14-15H,1-9,11,13H2,(H,19,21). The zero-order chi connectivity index (χ0) is 15.2. The number of aromatic nitrogens is 1. The van der Waals surface area contributed by atoms with Crippen molar-refractivity contribution in [3.8, 4) is 0 Å². The van der Waals surface area contributed by atoms with Crippen LogP contribution in [0, 0.1) is 5.92 Å². The van der Waals surface area contributed by atoms with E-state index in [1.165, 1.54) is 38.5 Å². The normalized spacial score (nSPS) is 22.9. The fraction of sp³-hybridized carbons (Fsp3) is 0.765. The maximum atomic E-state index is 12.1. The van der Waals surface area contributed by atoms with Gasteiger partial charge in [-0.3, -0.25) is 4.79 Å². The van der Waals surface area contributed by atoms with E-state index in [1.54, 1.807) is 11.3 Å². The van der Waals surface area contributed by atoms with E-state index in [0.717, 1.165) is 37.0 Å². The maximum absolute atomic E-state index is 12.1. The van der Waals surface area contributed by atoms with Crippen LogP contribution in [0.4, 0.5) is 5.13 Å². The lowest BCUT2D eigenvalue weighted by Gasteiger charge is -2.24. The van der Waals surface area contributed by atoms with Crippen molar-refractivity contribution in [3.05, 3.63) is 11.6 Å². The third-order valence-corrected chi connectivity index (χ3v) is 5.89. The Bertz CT molecular complexity index is 456. The van der Waals surface area contributed by atoms with E-state index in [4.69, 9.17) is 0 Å². The molecular formula is C17H27N3OS. The molecule has 0 radical (unpaired) electrons. The number of nitrogens with zero attached hydrogens (tertiary/aromatic N) is 2. The first-order valence-corrected chi connectivity index (χ1v) is 9.64. The average molecular weight is 321 g/mol. The smallest absolute Gasteiger partial charge is 0.220 e. The van der Waals surface area contributed by atoms with Gasteiger partial charge in [0.1, 0.15) is 0 Å². The first-order chi connectivity index (χ1) is 10.8. The summed E-state index contributed by atoms with van der Waals surface area (Å²) in [5.41, 5.74) is 0. The largest absolute Gasteiger partial charge is 0.354 e. The Hall–Kier alpha value is -1.10. The SMILES string of the molecule is O=C(CCC1CCCCC1)NCC1CCCN1c1nccs1. The predicted octanol–water partition coefficient (Wildman–Crippen LogP) is 3.59. The molecular weight excluding hydrogens is 294 g/mol. The Kier molecular flexibility index (Phi) is 5.70. The molecule has 1 aromatic heterocycles. The number of rotatable bonds is 6. The minimum absolute atomic E-state index is 0.233. The Balaban J connectivity index is 1.38. The highest BCUT2D eigenvalue weighted by Crippen LogP contribution is 2.28. The second-order valence-corrected chi connectivity index (χ2v) is 7.52. The van der Waals surface area contributed by atoms with Crippen molar-refractivity contribution in [1.29, 1.82) is 0 Å². The van der Waals surface area contributed by atoms with E-state index in [9.17, 15) is 4.79 Å². The van der Waals surface area contributed by atoms with Crippen LogP contribution in [-0.4, -0.2) is 30.0 Å². The minimum atomic E-state index is 0.233. The molecule has 1 amide bonds. The number of hydrogen-bond donors (Lipinski definition) is 1. The molecule has 2 aliphatic rings. The molecule has 2 heterocycles. The van der Waals surface area contributed by atoms with Crippen molar-refractivity contribution in [2.75, 3.05) is 18.0 Å². The zero-order valence-corrected chi connectivity index (χ0v) is 14.1. The Morgan fingerprint density at radius 3 is 2.91 bits per heavy atom. The monoisotopic (exact) mass is 321 g/mol. The number of thiazole rings is 1. The van der Waals surface area contributed by atoms with Crippen LogP contribution in [0.3, 0.4) is 0 Å². The Morgan fingerprint density at radius 2 is 2.14 bits per heavy atom. The Morgan fingerprint density at radius 1 is 1.27 bits per heavy atom. The molecule has 0 aromatic carbocycles. The molecule has 2 fully saturated rings. The average Bonchev–Trinajstić information content (AvgIpc) is 3.22. The highest BCUT2D eigenvalue weighted by molar-refractivity contribution is 7.13. The predicted molar refractivity (Wildman–Crippen MR) is 91.3 cm³/mol. The summed E-state index contributed by atoms with van der Waals surface area (Å²) in [6.07, 6.45) is 12.7. The van der Waals surface area contributed by atoms with Crippen molar-refractivity contribution < 1.29 is 4.79 Å². The van der Waals surface area contributed by atoms with Crippen molar-refractivity contribution >= 4 is 22.4 Å². The van der Waals surface area contributed by atoms with Crippen LogP contribution in [0.1, 0.15) is 57.8 Å². The molecule has 4 nitrogen and oxygen atoms in total. The molecule has 22 heavy (non-hydrogen) atoms. The van der Waals surface area contributed by atoms with Crippen molar-refractivity contribution in [2.45, 2.75) is 63.8 Å². The molecule has 1 aromatic rings. The van der Waals surface area contributed by atoms with Gasteiger partial charge in [0.2, 0.25) is 5.91 Å². The fourth-order valence-electron chi connectivity index (χ4n) is 3.79. The van der Waals surface area contributed by atoms with E-state index in [1.807, 2.05) is 11.6 Å². The number of amides is 1. The highest BCUT2D eigenvalue weighted by Gasteiger charge is 2.26. The number of carbonyl (C=O) groups is 1. The Labute approximate surface area is 137 Å². The second kappa shape index (κ2) is 7.95. The second-order valence-electron chi connectivity index (χ2n) is 6.65. The summed E-state index contributed by atoms with van der Waals surface area (Å²) >= 11 is 1.69. The van der Waals surface area contributed by atoms with Crippen molar-refractivity contribution in [1.82, 2.24) is 10.3 Å². The van der Waals surface area contributed by atoms with Gasteiger partial charge in [-0.1, -0.05) is 32.1 Å². The van der Waals surface area contributed by atoms with E-state index >= 15 is 0 Å². The zero-order valence-electron chi connectivity index (χ0n) is 13.3. The molecule has 1 saturated heterocycles. The van der Waals surface area contributed by atoms with Gasteiger partial charge >= 0.3 is 0 Å². The number of carbonyl (C=O) groups excluding carboxylic acids is 1. The molecule has 1 atom stereocenters. The topological polar surface area (TPSA) is 45.2 Å². The van der Waals surface area contributed by atoms with Crippen molar-refractivity contribution in [3.63, 3.8) is 0 Å². The third-order valence-electron chi connectivity index (χ3n) is 5.08. The van der Waals surface area contributed by atoms with Gasteiger partial charge in [0.25, 0.3) is 0 Å². The molecule has 5 heteroatoms. The van der Waals surface area contributed by atoms with Gasteiger partial charge in [-0.05, 0) is 25.2 Å². The van der Waals surface area contributed by atoms with E-state index in [2.05, 4.69) is 15.2 Å². The van der Waals surface area contributed by atoms with Gasteiger partial charge in [-0.15, -0.1) is 11.3 Å². The molecule has 122 valence electrons. The summed E-state index contributed by atoms with van der Waals surface area (Å²) in [7, 11) is 0. The van der Waals surface area contributed by atoms with Gasteiger partial charge in [0.05, 0.1) is 0 Å². The quantitative estimate of drug-likeness (QED) is 0.871. The molecule has 1 aliphatic carbocycles. The van der Waals surface area contributed by atoms with Crippen LogP contribution < -0.4 is 10.2 Å². The van der Waals surface area contributed by atoms with Crippen LogP contribution in [0.2, 0.25) is 0 Å². The maximum Gasteiger partial charge on any atom is 0.220 e. The molecule has 1 saturated carbocycles. The first-order valence-electron chi connectivity index (χ1n) is 8.76. The van der Waals surface area contributed by atoms with Gasteiger partial charge in [-0.2, -0.15) is 0 Å². The summed E-state index contributed by atoms with van der Waals surface area (Å²) in [5.74, 6) is 1.02. The van der Waals surface area contributed by atoms with E-state index in [-0.39, 0.29) is 5.91 Å². The summed E-state index contributed by atoms with van der Waals surface area (Å²) in [6, 6.07) is 0.421. The van der Waals surface area contributed by atoms with Crippen LogP contribution in [0.5, 0.6) is 0 Å². The van der Waals surface area contributed by atoms with Crippen LogP contribution in [-0.2, 0) is 4.79 Å². The van der Waals surface area contributed by atoms with Gasteiger partial charge < -0.3 is 10.2 Å². The van der Waals surface area contributed by atoms with Gasteiger partial charge in [0.15, 0.2) is 5.13 Å². The molecule has 1 aliphatic heterocycles. The number of anilines is 1. The molecule has 1 N–H and O–H groups in total. The molecule has 0 spiro atoms. The fourth-order valence-corrected chi connectivity index (χ4v) is 4.53. The van der Waals surface area contributed by atoms with Gasteiger partial charge in [-0.25, -0.2) is 4.98 Å². The molecule has 1 unspecified atom stereocenters. The van der Waals surface area contributed by atoms with Crippen LogP contribution >= 0.6 is 11.3 Å². The lowest BCUT2D eigenvalue weighted by Crippen LogP contribution is -2.40. The van der Waals surface area contributed by atoms with Crippen LogP contribution in [0.15, 0.2) is 11.6 Å². The van der Waals surface area contributed by atoms with Gasteiger partial charge in [0, 0.05) is 37.1 Å². The van der Waals surface area contributed by atoms with E-state index < -0.39 is 0 Å². The van der Waals surface area contributed by atoms with E-state index in [0.29, 0.717) is 12.5 Å². The molecule has 0 bridgehead atoms. The number of hydrogen-bond acceptors (Lipinski definition) is 4. The van der Waals surface area contributed by atoms with Crippen molar-refractivity contribution in [2.24, 2.45) is 5.92 Å². The highest BCUT2D eigenvalue weighted by atomic mass is 32.1. The third kappa shape index (κ3) is 4.22. The summed E-state index contributed by atoms with van der Waals surface area (Å²) in [4.78, 5) is 18.9. The summed E-state index contributed by atoms with van der Waals surface area (Å²) < 4.78 is 0.